The van der Waals surface area contributed by atoms with Gasteiger partial charge in [-0.25, -0.2) is 4.79 Å². The van der Waals surface area contributed by atoms with Crippen molar-refractivity contribution >= 4 is 12.6 Å². The molecule has 0 atom stereocenters. The third-order valence-corrected chi connectivity index (χ3v) is 3.18. The fourth-order valence-electron chi connectivity index (χ4n) is 2.10. The molecule has 2 N–H and O–H groups in total. The number of hydrogen-bond donors (Lipinski definition) is 2. The third kappa shape index (κ3) is 2.78. The van der Waals surface area contributed by atoms with Gasteiger partial charge in [-0.1, -0.05) is 12.1 Å². The predicted molar refractivity (Wildman–Crippen MR) is 76.3 cm³/mol. The maximum atomic E-state index is 11.9. The molecule has 0 fully saturated rings. The summed E-state index contributed by atoms with van der Waals surface area (Å²) >= 11 is 0. The van der Waals surface area contributed by atoms with Crippen LogP contribution < -0.4 is 15.9 Å². The van der Waals surface area contributed by atoms with Crippen molar-refractivity contribution in [1.82, 2.24) is 9.13 Å². The Hall–Kier alpha value is -1.99. The Morgan fingerprint density at radius 1 is 1.25 bits per heavy atom. The van der Waals surface area contributed by atoms with Gasteiger partial charge in [-0.15, -0.1) is 0 Å². The van der Waals surface area contributed by atoms with Gasteiger partial charge < -0.3 is 14.8 Å². The van der Waals surface area contributed by atoms with Crippen LogP contribution in [0.15, 0.2) is 35.4 Å². The summed E-state index contributed by atoms with van der Waals surface area (Å²) in [5, 5.41) is 18.7. The van der Waals surface area contributed by atoms with Crippen LogP contribution in [0.1, 0.15) is 12.5 Å². The van der Waals surface area contributed by atoms with Gasteiger partial charge in [0.2, 0.25) is 0 Å². The van der Waals surface area contributed by atoms with E-state index in [9.17, 15) is 14.8 Å². The van der Waals surface area contributed by atoms with Gasteiger partial charge >= 0.3 is 12.8 Å². The van der Waals surface area contributed by atoms with E-state index < -0.39 is 7.12 Å². The highest BCUT2D eigenvalue weighted by Gasteiger charge is 2.17. The van der Waals surface area contributed by atoms with Crippen LogP contribution in [0, 0.1) is 0 Å². The highest BCUT2D eigenvalue weighted by atomic mass is 16.5. The molecule has 0 radical (unpaired) electrons. The maximum absolute atomic E-state index is 11.9. The van der Waals surface area contributed by atoms with Gasteiger partial charge in [-0.05, 0) is 18.6 Å². The number of aryl methyl sites for hydroxylation is 1. The topological polar surface area (TPSA) is 76.6 Å². The number of nitrogens with zero attached hydrogens (tertiary/aromatic N) is 2. The van der Waals surface area contributed by atoms with E-state index in [1.165, 1.54) is 7.11 Å². The van der Waals surface area contributed by atoms with E-state index in [1.54, 1.807) is 39.7 Å². The van der Waals surface area contributed by atoms with Crippen LogP contribution in [0.4, 0.5) is 0 Å². The minimum atomic E-state index is -1.61. The molecule has 0 aliphatic rings. The highest BCUT2D eigenvalue weighted by Crippen LogP contribution is 2.10. The zero-order valence-corrected chi connectivity index (χ0v) is 11.5. The van der Waals surface area contributed by atoms with Crippen molar-refractivity contribution in [3.63, 3.8) is 0 Å². The fraction of sp³-hybridized carbons (Fsp3) is 0.308. The second-order valence-corrected chi connectivity index (χ2v) is 4.44. The minimum absolute atomic E-state index is 0.0885. The quantitative estimate of drug-likeness (QED) is 0.715. The molecular weight excluding hydrogens is 259 g/mol. The summed E-state index contributed by atoms with van der Waals surface area (Å²) in [5.74, 6) is 0.405. The molecule has 6 nitrogen and oxygen atoms in total. The molecule has 7 heteroatoms. The molecule has 106 valence electrons. The average molecular weight is 276 g/mol. The number of hydrogen-bond acceptors (Lipinski definition) is 4. The van der Waals surface area contributed by atoms with Crippen molar-refractivity contribution in [1.29, 1.82) is 0 Å². The summed E-state index contributed by atoms with van der Waals surface area (Å²) in [5.41, 5.74) is 0.993. The van der Waals surface area contributed by atoms with Crippen LogP contribution in [0.5, 0.6) is 5.75 Å². The van der Waals surface area contributed by atoms with E-state index in [0.29, 0.717) is 18.8 Å². The Labute approximate surface area is 117 Å². The van der Waals surface area contributed by atoms with E-state index in [1.807, 2.05) is 6.92 Å². The Bertz CT molecular complexity index is 648. The van der Waals surface area contributed by atoms with E-state index in [2.05, 4.69) is 0 Å². The molecule has 1 aromatic heterocycles. The summed E-state index contributed by atoms with van der Waals surface area (Å²) in [4.78, 5) is 11.9. The Kier molecular flexibility index (Phi) is 4.31. The van der Waals surface area contributed by atoms with Crippen molar-refractivity contribution in [2.24, 2.45) is 0 Å². The first-order valence-electron chi connectivity index (χ1n) is 6.35. The normalized spacial score (nSPS) is 10.6. The highest BCUT2D eigenvalue weighted by molar-refractivity contribution is 6.59. The number of ether oxygens (including phenoxy) is 1. The van der Waals surface area contributed by atoms with Crippen LogP contribution in [-0.4, -0.2) is 33.4 Å². The largest absolute Gasteiger partial charge is 0.497 e. The van der Waals surface area contributed by atoms with Gasteiger partial charge in [0, 0.05) is 24.4 Å². The summed E-state index contributed by atoms with van der Waals surface area (Å²) in [6, 6.07) is 5.08. The van der Waals surface area contributed by atoms with Crippen LogP contribution in [0.25, 0.3) is 0 Å². The van der Waals surface area contributed by atoms with Crippen molar-refractivity contribution < 1.29 is 14.8 Å². The SMILES string of the molecule is CCn1ccn(Cc2ccc(OC)c(B(O)O)c2)c1=O. The molecular formula is C13H17BN2O4. The minimum Gasteiger partial charge on any atom is -0.497 e. The van der Waals surface area contributed by atoms with Crippen LogP contribution in [-0.2, 0) is 13.1 Å². The van der Waals surface area contributed by atoms with Crippen LogP contribution in [0.3, 0.4) is 0 Å². The molecule has 0 aliphatic carbocycles. The van der Waals surface area contributed by atoms with Crippen LogP contribution >= 0.6 is 0 Å². The van der Waals surface area contributed by atoms with E-state index in [-0.39, 0.29) is 11.2 Å². The summed E-state index contributed by atoms with van der Waals surface area (Å²) in [6.07, 6.45) is 3.44. The van der Waals surface area contributed by atoms with Gasteiger partial charge in [0.25, 0.3) is 0 Å². The van der Waals surface area contributed by atoms with Crippen molar-refractivity contribution in [2.45, 2.75) is 20.0 Å². The zero-order valence-electron chi connectivity index (χ0n) is 11.5. The molecule has 0 aliphatic heterocycles. The lowest BCUT2D eigenvalue weighted by Gasteiger charge is -2.10. The molecule has 0 bridgehead atoms. The first kappa shape index (κ1) is 14.4. The molecule has 0 saturated heterocycles. The molecule has 0 saturated carbocycles. The standard InChI is InChI=1S/C13H17BN2O4/c1-3-15-6-7-16(13(15)17)9-10-4-5-12(20-2)11(8-10)14(18)19/h4-8,18-19H,3,9H2,1-2H3. The number of rotatable bonds is 5. The van der Waals surface area contributed by atoms with Crippen LogP contribution in [0.2, 0.25) is 0 Å². The fourth-order valence-corrected chi connectivity index (χ4v) is 2.10. The molecule has 1 heterocycles. The number of benzene rings is 1. The van der Waals surface area contributed by atoms with E-state index in [0.717, 1.165) is 5.56 Å². The Balaban J connectivity index is 2.32. The second kappa shape index (κ2) is 5.98. The summed E-state index contributed by atoms with van der Waals surface area (Å²) in [6.45, 7) is 2.89. The second-order valence-electron chi connectivity index (χ2n) is 4.44. The summed E-state index contributed by atoms with van der Waals surface area (Å²) in [7, 11) is -0.144. The lowest BCUT2D eigenvalue weighted by Crippen LogP contribution is -2.32. The van der Waals surface area contributed by atoms with Gasteiger partial charge in [-0.2, -0.15) is 0 Å². The van der Waals surface area contributed by atoms with E-state index >= 15 is 0 Å². The maximum Gasteiger partial charge on any atom is 0.492 e. The van der Waals surface area contributed by atoms with Crippen molar-refractivity contribution in [3.05, 3.63) is 46.6 Å². The average Bonchev–Trinajstić information content (AvgIpc) is 2.79. The molecule has 0 unspecified atom stereocenters. The number of methoxy groups -OCH3 is 1. The summed E-state index contributed by atoms with van der Waals surface area (Å²) < 4.78 is 8.24. The van der Waals surface area contributed by atoms with Gasteiger partial charge in [0.15, 0.2) is 0 Å². The van der Waals surface area contributed by atoms with Gasteiger partial charge in [-0.3, -0.25) is 9.13 Å². The smallest absolute Gasteiger partial charge is 0.492 e. The predicted octanol–water partition coefficient (Wildman–Crippen LogP) is -0.594. The van der Waals surface area contributed by atoms with Crippen molar-refractivity contribution in [2.75, 3.05) is 7.11 Å². The molecule has 1 aromatic carbocycles. The lowest BCUT2D eigenvalue weighted by molar-refractivity contribution is 0.403. The Morgan fingerprint density at radius 3 is 2.50 bits per heavy atom. The molecule has 2 aromatic rings. The number of imidazole rings is 1. The third-order valence-electron chi connectivity index (χ3n) is 3.18. The Morgan fingerprint density at radius 2 is 1.95 bits per heavy atom. The zero-order chi connectivity index (χ0) is 14.7. The first-order valence-corrected chi connectivity index (χ1v) is 6.35. The molecule has 2 rings (SSSR count). The van der Waals surface area contributed by atoms with Gasteiger partial charge in [0.05, 0.1) is 13.7 Å². The lowest BCUT2D eigenvalue weighted by atomic mass is 9.78. The molecule has 0 amide bonds. The molecule has 0 spiro atoms. The van der Waals surface area contributed by atoms with Crippen molar-refractivity contribution in [3.8, 4) is 5.75 Å². The monoisotopic (exact) mass is 276 g/mol. The number of aromatic nitrogens is 2. The first-order chi connectivity index (χ1) is 9.56. The van der Waals surface area contributed by atoms with Gasteiger partial charge in [0.1, 0.15) is 5.75 Å². The molecule has 20 heavy (non-hydrogen) atoms. The van der Waals surface area contributed by atoms with E-state index in [4.69, 9.17) is 4.74 Å².